The Hall–Kier alpha value is -1.10. The molecule has 1 rings (SSSR count). The molecular weight excluding hydrogens is 219 g/mol. The summed E-state index contributed by atoms with van der Waals surface area (Å²) in [6, 6.07) is -0.871. The molecule has 16 heavy (non-hydrogen) atoms. The molecule has 0 heterocycles. The average Bonchev–Trinajstić information content (AvgIpc) is 2.19. The number of carbonyl (C=O) groups is 1. The van der Waals surface area contributed by atoms with Gasteiger partial charge < -0.3 is 5.73 Å². The van der Waals surface area contributed by atoms with Crippen molar-refractivity contribution in [2.24, 2.45) is 11.7 Å². The van der Waals surface area contributed by atoms with Crippen molar-refractivity contribution in [1.29, 1.82) is 0 Å². The summed E-state index contributed by atoms with van der Waals surface area (Å²) >= 11 is 0. The Morgan fingerprint density at radius 3 is 2.50 bits per heavy atom. The standard InChI is InChI=1S/C11H14F3NO/c1-3-7-4-6(2)9(15)8(5-7)10(16)11(12,13)14/h4-6,9H,3,15H2,1-2H3. The largest absolute Gasteiger partial charge is 0.454 e. The summed E-state index contributed by atoms with van der Waals surface area (Å²) in [5.74, 6) is -2.08. The molecular formula is C11H14F3NO. The predicted octanol–water partition coefficient (Wildman–Crippen LogP) is 2.36. The minimum absolute atomic E-state index is 0.249. The number of alkyl halides is 3. The SMILES string of the molecule is CCC1=CC(C)C(N)C(C(=O)C(F)(F)F)=C1. The molecule has 1 aliphatic carbocycles. The molecule has 0 bridgehead atoms. The molecule has 0 aromatic rings. The minimum atomic E-state index is -4.85. The lowest BCUT2D eigenvalue weighted by Gasteiger charge is -2.25. The third-order valence-electron chi connectivity index (χ3n) is 2.67. The maximum atomic E-state index is 12.3. The number of nitrogens with two attached hydrogens (primary N) is 1. The van der Waals surface area contributed by atoms with Crippen molar-refractivity contribution in [2.45, 2.75) is 32.5 Å². The molecule has 2 unspecified atom stereocenters. The second-order valence-corrected chi connectivity index (χ2v) is 3.91. The summed E-state index contributed by atoms with van der Waals surface area (Å²) in [6.45, 7) is 3.53. The molecule has 1 aliphatic rings. The molecule has 2 nitrogen and oxygen atoms in total. The lowest BCUT2D eigenvalue weighted by molar-refractivity contribution is -0.166. The fourth-order valence-corrected chi connectivity index (χ4v) is 1.67. The number of carbonyl (C=O) groups excluding carboxylic acids is 1. The van der Waals surface area contributed by atoms with E-state index in [1.807, 2.05) is 6.92 Å². The molecule has 2 N–H and O–H groups in total. The summed E-state index contributed by atoms with van der Waals surface area (Å²) in [7, 11) is 0. The Bertz CT molecular complexity index is 355. The van der Waals surface area contributed by atoms with E-state index in [1.165, 1.54) is 6.08 Å². The van der Waals surface area contributed by atoms with Crippen LogP contribution in [0.15, 0.2) is 23.3 Å². The van der Waals surface area contributed by atoms with Crippen molar-refractivity contribution >= 4 is 5.78 Å². The van der Waals surface area contributed by atoms with E-state index >= 15 is 0 Å². The van der Waals surface area contributed by atoms with Gasteiger partial charge in [0.2, 0.25) is 0 Å². The van der Waals surface area contributed by atoms with Crippen molar-refractivity contribution in [2.75, 3.05) is 0 Å². The summed E-state index contributed by atoms with van der Waals surface area (Å²) in [5.41, 5.74) is 5.99. The van der Waals surface area contributed by atoms with Crippen molar-refractivity contribution in [3.63, 3.8) is 0 Å². The minimum Gasteiger partial charge on any atom is -0.323 e. The maximum absolute atomic E-state index is 12.3. The van der Waals surface area contributed by atoms with Gasteiger partial charge in [0.05, 0.1) is 0 Å². The van der Waals surface area contributed by atoms with Gasteiger partial charge >= 0.3 is 6.18 Å². The van der Waals surface area contributed by atoms with Crippen molar-refractivity contribution in [3.05, 3.63) is 23.3 Å². The van der Waals surface area contributed by atoms with Gasteiger partial charge in [0.25, 0.3) is 5.78 Å². The summed E-state index contributed by atoms with van der Waals surface area (Å²) in [4.78, 5) is 11.1. The van der Waals surface area contributed by atoms with Crippen LogP contribution < -0.4 is 5.73 Å². The second-order valence-electron chi connectivity index (χ2n) is 3.91. The highest BCUT2D eigenvalue weighted by Gasteiger charge is 2.43. The van der Waals surface area contributed by atoms with E-state index in [2.05, 4.69) is 0 Å². The molecule has 5 heteroatoms. The van der Waals surface area contributed by atoms with Gasteiger partial charge in [-0.15, -0.1) is 0 Å². The summed E-state index contributed by atoms with van der Waals surface area (Å²) in [6.07, 6.45) is -1.19. The molecule has 0 saturated heterocycles. The zero-order valence-corrected chi connectivity index (χ0v) is 9.14. The fourth-order valence-electron chi connectivity index (χ4n) is 1.67. The van der Waals surface area contributed by atoms with Gasteiger partial charge in [0.15, 0.2) is 0 Å². The molecule has 0 amide bonds. The molecule has 0 aliphatic heterocycles. The maximum Gasteiger partial charge on any atom is 0.454 e. The van der Waals surface area contributed by atoms with E-state index in [9.17, 15) is 18.0 Å². The number of rotatable bonds is 2. The molecule has 0 radical (unpaired) electrons. The number of Topliss-reactive ketones (excluding diaryl/α,β-unsaturated/α-hetero) is 1. The molecule has 0 aromatic heterocycles. The van der Waals surface area contributed by atoms with Gasteiger partial charge in [-0.1, -0.05) is 31.6 Å². The fraction of sp³-hybridized carbons (Fsp3) is 0.545. The smallest absolute Gasteiger partial charge is 0.323 e. The van der Waals surface area contributed by atoms with E-state index in [1.54, 1.807) is 13.0 Å². The monoisotopic (exact) mass is 233 g/mol. The first-order valence-electron chi connectivity index (χ1n) is 5.06. The summed E-state index contributed by atoms with van der Waals surface area (Å²) in [5, 5.41) is 0. The highest BCUT2D eigenvalue weighted by molar-refractivity contribution is 6.01. The number of ketones is 1. The van der Waals surface area contributed by atoms with Crippen LogP contribution in [0.25, 0.3) is 0 Å². The molecule has 0 spiro atoms. The van der Waals surface area contributed by atoms with E-state index in [0.29, 0.717) is 6.42 Å². The van der Waals surface area contributed by atoms with Crippen molar-refractivity contribution < 1.29 is 18.0 Å². The summed E-state index contributed by atoms with van der Waals surface area (Å²) < 4.78 is 36.9. The van der Waals surface area contributed by atoms with Crippen LogP contribution in [0.1, 0.15) is 20.3 Å². The number of hydrogen-bond donors (Lipinski definition) is 1. The average molecular weight is 233 g/mol. The van der Waals surface area contributed by atoms with Gasteiger partial charge in [0, 0.05) is 11.6 Å². The van der Waals surface area contributed by atoms with Crippen LogP contribution in [0, 0.1) is 5.92 Å². The zero-order valence-electron chi connectivity index (χ0n) is 9.14. The first-order valence-corrected chi connectivity index (χ1v) is 5.06. The highest BCUT2D eigenvalue weighted by atomic mass is 19.4. The Balaban J connectivity index is 3.07. The van der Waals surface area contributed by atoms with Crippen LogP contribution in [0.2, 0.25) is 0 Å². The third kappa shape index (κ3) is 2.52. The predicted molar refractivity (Wildman–Crippen MR) is 54.7 cm³/mol. The zero-order chi connectivity index (χ0) is 12.5. The Kier molecular flexibility index (Phi) is 3.57. The van der Waals surface area contributed by atoms with Gasteiger partial charge in [-0.3, -0.25) is 4.79 Å². The third-order valence-corrected chi connectivity index (χ3v) is 2.67. The molecule has 0 saturated carbocycles. The van der Waals surface area contributed by atoms with E-state index in [0.717, 1.165) is 5.57 Å². The highest BCUT2D eigenvalue weighted by Crippen LogP contribution is 2.29. The molecule has 0 fully saturated rings. The van der Waals surface area contributed by atoms with E-state index in [4.69, 9.17) is 5.73 Å². The Morgan fingerprint density at radius 1 is 1.50 bits per heavy atom. The topological polar surface area (TPSA) is 43.1 Å². The van der Waals surface area contributed by atoms with Crippen LogP contribution in [0.4, 0.5) is 13.2 Å². The Labute approximate surface area is 92.0 Å². The van der Waals surface area contributed by atoms with E-state index in [-0.39, 0.29) is 11.5 Å². The van der Waals surface area contributed by atoms with Crippen LogP contribution in [0.3, 0.4) is 0 Å². The quantitative estimate of drug-likeness (QED) is 0.795. The lowest BCUT2D eigenvalue weighted by atomic mass is 9.84. The molecule has 90 valence electrons. The number of halogens is 3. The van der Waals surface area contributed by atoms with Crippen LogP contribution in [-0.2, 0) is 4.79 Å². The van der Waals surface area contributed by atoms with Crippen LogP contribution in [0.5, 0.6) is 0 Å². The number of allylic oxidation sites excluding steroid dienone is 2. The molecule has 0 aromatic carbocycles. The van der Waals surface area contributed by atoms with Gasteiger partial charge in [-0.25, -0.2) is 0 Å². The first kappa shape index (κ1) is 13.0. The Morgan fingerprint density at radius 2 is 2.06 bits per heavy atom. The van der Waals surface area contributed by atoms with Crippen LogP contribution in [-0.4, -0.2) is 18.0 Å². The lowest BCUT2D eigenvalue weighted by Crippen LogP contribution is -2.39. The van der Waals surface area contributed by atoms with Crippen LogP contribution >= 0.6 is 0 Å². The van der Waals surface area contributed by atoms with E-state index < -0.39 is 18.0 Å². The molecule has 2 atom stereocenters. The van der Waals surface area contributed by atoms with Gasteiger partial charge in [-0.2, -0.15) is 13.2 Å². The van der Waals surface area contributed by atoms with Crippen molar-refractivity contribution in [3.8, 4) is 0 Å². The first-order chi connectivity index (χ1) is 7.27. The van der Waals surface area contributed by atoms with Gasteiger partial charge in [-0.05, 0) is 12.3 Å². The van der Waals surface area contributed by atoms with Gasteiger partial charge in [0.1, 0.15) is 0 Å². The number of hydrogen-bond acceptors (Lipinski definition) is 2. The van der Waals surface area contributed by atoms with Crippen molar-refractivity contribution in [1.82, 2.24) is 0 Å². The normalized spacial score (nSPS) is 26.1. The second kappa shape index (κ2) is 4.41.